The molecular formula is C11H11F3N2O4. The highest BCUT2D eigenvalue weighted by atomic mass is 19.4. The second-order valence-electron chi connectivity index (χ2n) is 4.05. The van der Waals surface area contributed by atoms with Crippen LogP contribution in [-0.2, 0) is 0 Å². The second-order valence-corrected chi connectivity index (χ2v) is 4.05. The molecule has 0 saturated carbocycles. The van der Waals surface area contributed by atoms with Gasteiger partial charge in [0.25, 0.3) is 5.69 Å². The molecule has 0 bridgehead atoms. The standard InChI is InChI=1S/C11H11F3N2O4/c1-15(5-4-11(12,13)14)9-6-7(10(17)18)2-3-8(9)16(19)20/h2-3,6H,4-5H2,1H3,(H,17,18). The van der Waals surface area contributed by atoms with E-state index in [1.807, 2.05) is 0 Å². The minimum absolute atomic E-state index is 0.167. The quantitative estimate of drug-likeness (QED) is 0.666. The van der Waals surface area contributed by atoms with Gasteiger partial charge in [-0.3, -0.25) is 10.1 Å². The van der Waals surface area contributed by atoms with Gasteiger partial charge in [0, 0.05) is 19.7 Å². The molecule has 110 valence electrons. The predicted molar refractivity (Wildman–Crippen MR) is 64.0 cm³/mol. The number of hydrogen-bond acceptors (Lipinski definition) is 4. The average Bonchev–Trinajstić information content (AvgIpc) is 2.34. The third-order valence-electron chi connectivity index (χ3n) is 2.56. The van der Waals surface area contributed by atoms with E-state index in [4.69, 9.17) is 5.11 Å². The van der Waals surface area contributed by atoms with Crippen LogP contribution in [0.1, 0.15) is 16.8 Å². The molecule has 0 aliphatic heterocycles. The Bertz CT molecular complexity index is 531. The molecule has 0 heterocycles. The van der Waals surface area contributed by atoms with Gasteiger partial charge in [0.1, 0.15) is 5.69 Å². The summed E-state index contributed by atoms with van der Waals surface area (Å²) in [5.41, 5.74) is -0.844. The molecule has 0 amide bonds. The van der Waals surface area contributed by atoms with E-state index in [1.54, 1.807) is 0 Å². The van der Waals surface area contributed by atoms with Crippen LogP contribution in [0.3, 0.4) is 0 Å². The lowest BCUT2D eigenvalue weighted by atomic mass is 10.1. The Balaban J connectivity index is 3.09. The number of halogens is 3. The molecule has 0 unspecified atom stereocenters. The molecular weight excluding hydrogens is 281 g/mol. The van der Waals surface area contributed by atoms with Gasteiger partial charge in [-0.1, -0.05) is 0 Å². The summed E-state index contributed by atoms with van der Waals surface area (Å²) < 4.78 is 36.4. The summed E-state index contributed by atoms with van der Waals surface area (Å²) in [6, 6.07) is 2.97. The predicted octanol–water partition coefficient (Wildman–Crippen LogP) is 2.68. The first-order valence-corrected chi connectivity index (χ1v) is 5.41. The van der Waals surface area contributed by atoms with E-state index >= 15 is 0 Å². The Morgan fingerprint density at radius 1 is 1.45 bits per heavy atom. The summed E-state index contributed by atoms with van der Waals surface area (Å²) >= 11 is 0. The zero-order valence-corrected chi connectivity index (χ0v) is 10.3. The second kappa shape index (κ2) is 5.76. The molecule has 0 radical (unpaired) electrons. The molecule has 0 atom stereocenters. The molecule has 0 aliphatic carbocycles. The van der Waals surface area contributed by atoms with Crippen LogP contribution in [0, 0.1) is 10.1 Å². The molecule has 20 heavy (non-hydrogen) atoms. The van der Waals surface area contributed by atoms with Crippen LogP contribution in [0.15, 0.2) is 18.2 Å². The maximum atomic E-state index is 12.1. The smallest absolute Gasteiger partial charge is 0.390 e. The van der Waals surface area contributed by atoms with E-state index in [-0.39, 0.29) is 11.3 Å². The minimum Gasteiger partial charge on any atom is -0.478 e. The van der Waals surface area contributed by atoms with Crippen LogP contribution in [0.5, 0.6) is 0 Å². The van der Waals surface area contributed by atoms with Crippen molar-refractivity contribution in [3.05, 3.63) is 33.9 Å². The van der Waals surface area contributed by atoms with Crippen molar-refractivity contribution in [2.75, 3.05) is 18.5 Å². The summed E-state index contributed by atoms with van der Waals surface area (Å²) in [6.07, 6.45) is -5.55. The van der Waals surface area contributed by atoms with Crippen LogP contribution in [0.4, 0.5) is 24.5 Å². The summed E-state index contributed by atoms with van der Waals surface area (Å²) in [4.78, 5) is 21.9. The van der Waals surface area contributed by atoms with Crippen molar-refractivity contribution in [2.24, 2.45) is 0 Å². The van der Waals surface area contributed by atoms with Crippen LogP contribution < -0.4 is 4.90 Å². The van der Waals surface area contributed by atoms with Gasteiger partial charge in [-0.15, -0.1) is 0 Å². The van der Waals surface area contributed by atoms with Crippen LogP contribution in [-0.4, -0.2) is 35.8 Å². The van der Waals surface area contributed by atoms with Gasteiger partial charge < -0.3 is 10.0 Å². The SMILES string of the molecule is CN(CCC(F)(F)F)c1cc(C(=O)O)ccc1[N+](=O)[O-]. The van der Waals surface area contributed by atoms with Gasteiger partial charge in [-0.25, -0.2) is 4.79 Å². The molecule has 0 aromatic heterocycles. The number of nitro benzene ring substituents is 1. The molecule has 1 N–H and O–H groups in total. The van der Waals surface area contributed by atoms with Crippen molar-refractivity contribution in [2.45, 2.75) is 12.6 Å². The first kappa shape index (κ1) is 15.7. The summed E-state index contributed by atoms with van der Waals surface area (Å²) in [6.45, 7) is -0.507. The Kier molecular flexibility index (Phi) is 4.53. The molecule has 1 rings (SSSR count). The Hall–Kier alpha value is -2.32. The van der Waals surface area contributed by atoms with Gasteiger partial charge in [-0.2, -0.15) is 13.2 Å². The number of carboxylic acids is 1. The minimum atomic E-state index is -4.40. The first-order chi connectivity index (χ1) is 9.11. The molecule has 6 nitrogen and oxygen atoms in total. The van der Waals surface area contributed by atoms with E-state index < -0.39 is 35.7 Å². The fourth-order valence-corrected chi connectivity index (χ4v) is 1.53. The number of nitrogens with zero attached hydrogens (tertiary/aromatic N) is 2. The van der Waals surface area contributed by atoms with E-state index in [0.29, 0.717) is 0 Å². The Morgan fingerprint density at radius 3 is 2.50 bits per heavy atom. The molecule has 1 aromatic carbocycles. The summed E-state index contributed by atoms with van der Waals surface area (Å²) in [5, 5.41) is 19.6. The van der Waals surface area contributed by atoms with Crippen molar-refractivity contribution in [3.8, 4) is 0 Å². The molecule has 0 saturated heterocycles. The van der Waals surface area contributed by atoms with Crippen molar-refractivity contribution in [1.82, 2.24) is 0 Å². The molecule has 1 aromatic rings. The van der Waals surface area contributed by atoms with E-state index in [9.17, 15) is 28.1 Å². The van der Waals surface area contributed by atoms with Gasteiger partial charge in [0.05, 0.1) is 16.9 Å². The fourth-order valence-electron chi connectivity index (χ4n) is 1.53. The fraction of sp³-hybridized carbons (Fsp3) is 0.364. The van der Waals surface area contributed by atoms with Gasteiger partial charge in [0.15, 0.2) is 0 Å². The average molecular weight is 292 g/mol. The number of benzene rings is 1. The number of nitro groups is 1. The number of hydrogen-bond donors (Lipinski definition) is 1. The lowest BCUT2D eigenvalue weighted by Crippen LogP contribution is -2.25. The highest BCUT2D eigenvalue weighted by Gasteiger charge is 2.28. The zero-order chi connectivity index (χ0) is 15.5. The number of rotatable bonds is 5. The number of carboxylic acid groups (broad SMARTS) is 1. The first-order valence-electron chi connectivity index (χ1n) is 5.41. The number of aromatic carboxylic acids is 1. The van der Waals surface area contributed by atoms with E-state index in [0.717, 1.165) is 23.1 Å². The van der Waals surface area contributed by atoms with E-state index in [2.05, 4.69) is 0 Å². The third kappa shape index (κ3) is 4.11. The Labute approximate surface area is 111 Å². The van der Waals surface area contributed by atoms with Gasteiger partial charge in [-0.05, 0) is 12.1 Å². The van der Waals surface area contributed by atoms with Crippen LogP contribution >= 0.6 is 0 Å². The van der Waals surface area contributed by atoms with Crippen molar-refractivity contribution in [3.63, 3.8) is 0 Å². The molecule has 0 spiro atoms. The van der Waals surface area contributed by atoms with Crippen LogP contribution in [0.2, 0.25) is 0 Å². The normalized spacial score (nSPS) is 11.2. The number of carbonyl (C=O) groups is 1. The van der Waals surface area contributed by atoms with Crippen LogP contribution in [0.25, 0.3) is 0 Å². The molecule has 0 fully saturated rings. The topological polar surface area (TPSA) is 83.7 Å². The van der Waals surface area contributed by atoms with Crippen molar-refractivity contribution >= 4 is 17.3 Å². The summed E-state index contributed by atoms with van der Waals surface area (Å²) in [5.74, 6) is -1.31. The maximum Gasteiger partial charge on any atom is 0.390 e. The van der Waals surface area contributed by atoms with Gasteiger partial charge in [0.2, 0.25) is 0 Å². The largest absolute Gasteiger partial charge is 0.478 e. The lowest BCUT2D eigenvalue weighted by molar-refractivity contribution is -0.384. The summed E-state index contributed by atoms with van der Waals surface area (Å²) in [7, 11) is 1.24. The molecule has 9 heteroatoms. The number of anilines is 1. The van der Waals surface area contributed by atoms with Crippen molar-refractivity contribution < 1.29 is 28.0 Å². The Morgan fingerprint density at radius 2 is 2.05 bits per heavy atom. The maximum absolute atomic E-state index is 12.1. The highest BCUT2D eigenvalue weighted by molar-refractivity contribution is 5.90. The number of alkyl halides is 3. The molecule has 0 aliphatic rings. The zero-order valence-electron chi connectivity index (χ0n) is 10.3. The third-order valence-corrected chi connectivity index (χ3v) is 2.56. The lowest BCUT2D eigenvalue weighted by Gasteiger charge is -2.20. The van der Waals surface area contributed by atoms with Crippen molar-refractivity contribution in [1.29, 1.82) is 0 Å². The highest BCUT2D eigenvalue weighted by Crippen LogP contribution is 2.30. The van der Waals surface area contributed by atoms with Gasteiger partial charge >= 0.3 is 12.1 Å². The van der Waals surface area contributed by atoms with E-state index in [1.165, 1.54) is 7.05 Å². The monoisotopic (exact) mass is 292 g/mol.